The number of rotatable bonds is 2. The fourth-order valence-electron chi connectivity index (χ4n) is 2.36. The fourth-order valence-corrected chi connectivity index (χ4v) is 2.36. The summed E-state index contributed by atoms with van der Waals surface area (Å²) in [4.78, 5) is 11.9. The molecule has 3 nitrogen and oxygen atoms in total. The van der Waals surface area contributed by atoms with Gasteiger partial charge in [0.15, 0.2) is 11.4 Å². The van der Waals surface area contributed by atoms with E-state index in [1.54, 1.807) is 13.0 Å². The molecular weight excluding hydrogens is 228 g/mol. The van der Waals surface area contributed by atoms with E-state index >= 15 is 0 Å². The quantitative estimate of drug-likeness (QED) is 0.803. The van der Waals surface area contributed by atoms with Crippen molar-refractivity contribution in [3.8, 4) is 0 Å². The summed E-state index contributed by atoms with van der Waals surface area (Å²) in [6, 6.07) is 9.70. The van der Waals surface area contributed by atoms with Gasteiger partial charge in [-0.15, -0.1) is 0 Å². The van der Waals surface area contributed by atoms with Gasteiger partial charge in [-0.2, -0.15) is 0 Å². The third-order valence-corrected chi connectivity index (χ3v) is 3.46. The summed E-state index contributed by atoms with van der Waals surface area (Å²) in [5.74, 6) is -0.105. The highest BCUT2D eigenvalue weighted by molar-refractivity contribution is 6.03. The standard InChI is InChI=1S/C15H14O3/c1-14(17)9-8-12(16)15(13(14)18-15)10-7-11-5-3-2-4-6-11/h2-10,13,17H,1H3/b10-7+/t13-,14-,15+/m1/s1. The van der Waals surface area contributed by atoms with Gasteiger partial charge in [-0.25, -0.2) is 0 Å². The number of hydrogen-bond donors (Lipinski definition) is 1. The molecule has 1 N–H and O–H groups in total. The van der Waals surface area contributed by atoms with E-state index in [0.29, 0.717) is 0 Å². The molecule has 0 aromatic heterocycles. The Morgan fingerprint density at radius 3 is 2.78 bits per heavy atom. The predicted octanol–water partition coefficient (Wildman–Crippen LogP) is 1.73. The molecule has 0 spiro atoms. The highest BCUT2D eigenvalue weighted by Crippen LogP contribution is 2.49. The predicted molar refractivity (Wildman–Crippen MR) is 67.9 cm³/mol. The van der Waals surface area contributed by atoms with Crippen molar-refractivity contribution in [1.29, 1.82) is 0 Å². The maximum absolute atomic E-state index is 11.9. The lowest BCUT2D eigenvalue weighted by Gasteiger charge is -2.21. The summed E-state index contributed by atoms with van der Waals surface area (Å²) in [7, 11) is 0. The molecule has 1 aromatic carbocycles. The first kappa shape index (κ1) is 11.4. The molecule has 3 rings (SSSR count). The minimum Gasteiger partial charge on any atom is -0.383 e. The second kappa shape index (κ2) is 3.64. The van der Waals surface area contributed by atoms with E-state index in [4.69, 9.17) is 4.74 Å². The Balaban J connectivity index is 1.89. The van der Waals surface area contributed by atoms with Crippen molar-refractivity contribution < 1.29 is 14.6 Å². The third kappa shape index (κ3) is 1.64. The smallest absolute Gasteiger partial charge is 0.194 e. The van der Waals surface area contributed by atoms with Gasteiger partial charge >= 0.3 is 0 Å². The lowest BCUT2D eigenvalue weighted by Crippen LogP contribution is -2.40. The number of hydrogen-bond acceptors (Lipinski definition) is 3. The van der Waals surface area contributed by atoms with E-state index < -0.39 is 17.3 Å². The van der Waals surface area contributed by atoms with Gasteiger partial charge in [-0.05, 0) is 30.7 Å². The molecular formula is C15H14O3. The van der Waals surface area contributed by atoms with Gasteiger partial charge < -0.3 is 9.84 Å². The average Bonchev–Trinajstić information content (AvgIpc) is 3.12. The van der Waals surface area contributed by atoms with E-state index in [1.165, 1.54) is 12.2 Å². The fraction of sp³-hybridized carbons (Fsp3) is 0.267. The zero-order valence-corrected chi connectivity index (χ0v) is 10.0. The number of fused-ring (bicyclic) bond motifs is 1. The van der Waals surface area contributed by atoms with Crippen molar-refractivity contribution in [2.24, 2.45) is 0 Å². The Kier molecular flexibility index (Phi) is 2.30. The van der Waals surface area contributed by atoms with Crippen molar-refractivity contribution >= 4 is 11.9 Å². The highest BCUT2D eigenvalue weighted by Gasteiger charge is 2.67. The van der Waals surface area contributed by atoms with Crippen LogP contribution in [0.3, 0.4) is 0 Å². The number of ether oxygens (including phenoxy) is 1. The van der Waals surface area contributed by atoms with E-state index in [0.717, 1.165) is 5.56 Å². The molecule has 0 saturated carbocycles. The summed E-state index contributed by atoms with van der Waals surface area (Å²) < 4.78 is 5.47. The molecule has 2 aliphatic rings. The molecule has 18 heavy (non-hydrogen) atoms. The van der Waals surface area contributed by atoms with Crippen LogP contribution in [0, 0.1) is 0 Å². The number of carbonyl (C=O) groups excluding carboxylic acids is 1. The van der Waals surface area contributed by atoms with Crippen LogP contribution in [-0.4, -0.2) is 28.2 Å². The van der Waals surface area contributed by atoms with Gasteiger partial charge in [-0.3, -0.25) is 4.79 Å². The maximum atomic E-state index is 11.9. The Labute approximate surface area is 105 Å². The summed E-state index contributed by atoms with van der Waals surface area (Å²) in [6.07, 6.45) is 6.03. The molecule has 1 aliphatic heterocycles. The van der Waals surface area contributed by atoms with Crippen LogP contribution in [0.1, 0.15) is 12.5 Å². The van der Waals surface area contributed by atoms with Crippen LogP contribution in [0.4, 0.5) is 0 Å². The van der Waals surface area contributed by atoms with E-state index in [2.05, 4.69) is 0 Å². The number of ketones is 1. The molecule has 3 heteroatoms. The lowest BCUT2D eigenvalue weighted by atomic mass is 9.83. The molecule has 1 fully saturated rings. The number of benzene rings is 1. The zero-order chi connectivity index (χ0) is 12.8. The average molecular weight is 242 g/mol. The lowest BCUT2D eigenvalue weighted by molar-refractivity contribution is -0.118. The molecule has 3 atom stereocenters. The molecule has 1 aliphatic carbocycles. The van der Waals surface area contributed by atoms with Crippen molar-refractivity contribution in [3.63, 3.8) is 0 Å². The zero-order valence-electron chi connectivity index (χ0n) is 10.0. The minimum atomic E-state index is -1.07. The van der Waals surface area contributed by atoms with Gasteiger partial charge in [0.2, 0.25) is 0 Å². The second-order valence-corrected chi connectivity index (χ2v) is 4.96. The SMILES string of the molecule is C[C@@]1(O)C=CC(=O)[C@]2(/C=C/c3ccccc3)O[C@@H]21. The molecule has 1 aromatic rings. The number of carbonyl (C=O) groups is 1. The Bertz CT molecular complexity index is 542. The van der Waals surface area contributed by atoms with E-state index in [9.17, 15) is 9.90 Å². The molecule has 0 amide bonds. The minimum absolute atomic E-state index is 0.105. The van der Waals surface area contributed by atoms with Crippen LogP contribution in [-0.2, 0) is 9.53 Å². The Morgan fingerprint density at radius 2 is 2.06 bits per heavy atom. The molecule has 0 radical (unpaired) electrons. The molecule has 92 valence electrons. The monoisotopic (exact) mass is 242 g/mol. The van der Waals surface area contributed by atoms with Crippen LogP contribution < -0.4 is 0 Å². The molecule has 0 unspecified atom stereocenters. The van der Waals surface area contributed by atoms with Crippen LogP contribution in [0.5, 0.6) is 0 Å². The van der Waals surface area contributed by atoms with Gasteiger partial charge in [0.05, 0.1) is 0 Å². The third-order valence-electron chi connectivity index (χ3n) is 3.46. The van der Waals surface area contributed by atoms with Gasteiger partial charge in [0.25, 0.3) is 0 Å². The number of epoxide rings is 1. The van der Waals surface area contributed by atoms with E-state index in [-0.39, 0.29) is 5.78 Å². The first-order valence-corrected chi connectivity index (χ1v) is 5.93. The van der Waals surface area contributed by atoms with Gasteiger partial charge in [-0.1, -0.05) is 36.4 Å². The summed E-state index contributed by atoms with van der Waals surface area (Å²) >= 11 is 0. The van der Waals surface area contributed by atoms with Crippen molar-refractivity contribution in [2.75, 3.05) is 0 Å². The van der Waals surface area contributed by atoms with Crippen LogP contribution in [0.25, 0.3) is 6.08 Å². The van der Waals surface area contributed by atoms with Crippen LogP contribution in [0.15, 0.2) is 48.6 Å². The molecule has 0 bridgehead atoms. The van der Waals surface area contributed by atoms with Crippen LogP contribution >= 0.6 is 0 Å². The Hall–Kier alpha value is -1.71. The number of aliphatic hydroxyl groups is 1. The van der Waals surface area contributed by atoms with Crippen molar-refractivity contribution in [3.05, 3.63) is 54.1 Å². The topological polar surface area (TPSA) is 49.8 Å². The summed E-state index contributed by atoms with van der Waals surface area (Å²) in [6.45, 7) is 1.65. The highest BCUT2D eigenvalue weighted by atomic mass is 16.6. The van der Waals surface area contributed by atoms with Crippen molar-refractivity contribution in [1.82, 2.24) is 0 Å². The molecule has 1 saturated heterocycles. The normalized spacial score (nSPS) is 37.9. The largest absolute Gasteiger partial charge is 0.383 e. The Morgan fingerprint density at radius 1 is 1.33 bits per heavy atom. The van der Waals surface area contributed by atoms with Gasteiger partial charge in [0, 0.05) is 0 Å². The van der Waals surface area contributed by atoms with Gasteiger partial charge in [0.1, 0.15) is 11.7 Å². The molecule has 1 heterocycles. The van der Waals surface area contributed by atoms with Crippen molar-refractivity contribution in [2.45, 2.75) is 24.2 Å². The maximum Gasteiger partial charge on any atom is 0.194 e. The summed E-state index contributed by atoms with van der Waals surface area (Å²) in [5.41, 5.74) is -1.04. The summed E-state index contributed by atoms with van der Waals surface area (Å²) in [5, 5.41) is 10.1. The first-order valence-electron chi connectivity index (χ1n) is 5.93. The first-order chi connectivity index (χ1) is 8.55. The van der Waals surface area contributed by atoms with Crippen LogP contribution in [0.2, 0.25) is 0 Å². The van der Waals surface area contributed by atoms with E-state index in [1.807, 2.05) is 36.4 Å². The second-order valence-electron chi connectivity index (χ2n) is 4.96.